The normalized spacial score (nSPS) is 13.2. The predicted molar refractivity (Wildman–Crippen MR) is 77.7 cm³/mol. The molecule has 1 amide bonds. The topological polar surface area (TPSA) is 54.0 Å². The minimum atomic E-state index is -0.0289. The van der Waals surface area contributed by atoms with Crippen molar-refractivity contribution in [2.75, 3.05) is 18.4 Å². The van der Waals surface area contributed by atoms with Crippen molar-refractivity contribution in [3.8, 4) is 0 Å². The lowest BCUT2D eigenvalue weighted by atomic mass is 10.3. The van der Waals surface area contributed by atoms with Crippen LogP contribution in [-0.2, 0) is 4.79 Å². The van der Waals surface area contributed by atoms with Crippen molar-refractivity contribution in [1.29, 1.82) is 0 Å². The molecule has 1 heterocycles. The van der Waals surface area contributed by atoms with Gasteiger partial charge in [0.25, 0.3) is 0 Å². The number of anilines is 1. The number of pyridine rings is 1. The first-order chi connectivity index (χ1) is 7.74. The smallest absolute Gasteiger partial charge is 0.239 e. The van der Waals surface area contributed by atoms with E-state index in [9.17, 15) is 4.79 Å². The van der Waals surface area contributed by atoms with Gasteiger partial charge in [0.2, 0.25) is 5.91 Å². The first-order valence-corrected chi connectivity index (χ1v) is 5.67. The molecular weight excluding hydrogens is 273 g/mol. The maximum atomic E-state index is 11.5. The van der Waals surface area contributed by atoms with Gasteiger partial charge >= 0.3 is 0 Å². The number of aromatic nitrogens is 1. The number of halogens is 2. The van der Waals surface area contributed by atoms with Crippen LogP contribution >= 0.6 is 24.8 Å². The molecule has 1 aromatic rings. The highest BCUT2D eigenvalue weighted by Gasteiger charge is 2.20. The molecule has 0 aliphatic heterocycles. The molecule has 6 heteroatoms. The fourth-order valence-corrected chi connectivity index (χ4v) is 1.50. The first kappa shape index (κ1) is 17.2. The van der Waals surface area contributed by atoms with Crippen LogP contribution in [0.4, 0.5) is 5.82 Å². The zero-order valence-corrected chi connectivity index (χ0v) is 11.9. The largest absolute Gasteiger partial charge is 0.310 e. The Balaban J connectivity index is 0.00000144. The fraction of sp³-hybridized carbons (Fsp3) is 0.500. The van der Waals surface area contributed by atoms with Gasteiger partial charge in [-0.25, -0.2) is 4.98 Å². The van der Waals surface area contributed by atoms with Crippen molar-refractivity contribution in [2.45, 2.75) is 19.8 Å². The zero-order valence-electron chi connectivity index (χ0n) is 10.3. The van der Waals surface area contributed by atoms with Gasteiger partial charge in [-0.05, 0) is 49.9 Å². The van der Waals surface area contributed by atoms with Crippen LogP contribution in [0.2, 0.25) is 0 Å². The second-order valence-electron chi connectivity index (χ2n) is 4.34. The van der Waals surface area contributed by atoms with Gasteiger partial charge in [-0.15, -0.1) is 24.8 Å². The summed E-state index contributed by atoms with van der Waals surface area (Å²) in [5.41, 5.74) is 1.09. The molecule has 2 rings (SSSR count). The van der Waals surface area contributed by atoms with E-state index in [4.69, 9.17) is 0 Å². The molecule has 1 aliphatic carbocycles. The molecule has 1 saturated carbocycles. The minimum absolute atomic E-state index is 0. The lowest BCUT2D eigenvalue weighted by Crippen LogP contribution is -2.29. The highest BCUT2D eigenvalue weighted by Crippen LogP contribution is 2.27. The molecule has 102 valence electrons. The van der Waals surface area contributed by atoms with E-state index in [0.29, 0.717) is 12.4 Å². The van der Waals surface area contributed by atoms with E-state index in [2.05, 4.69) is 15.6 Å². The van der Waals surface area contributed by atoms with E-state index in [1.54, 1.807) is 6.20 Å². The molecular formula is C12H19Cl2N3O. The Morgan fingerprint density at radius 2 is 2.17 bits per heavy atom. The summed E-state index contributed by atoms with van der Waals surface area (Å²) < 4.78 is 0. The van der Waals surface area contributed by atoms with Crippen LogP contribution in [0.15, 0.2) is 18.3 Å². The van der Waals surface area contributed by atoms with Gasteiger partial charge in [-0.1, -0.05) is 0 Å². The number of nitrogens with zero attached hydrogens (tertiary/aromatic N) is 1. The van der Waals surface area contributed by atoms with Crippen molar-refractivity contribution in [2.24, 2.45) is 5.92 Å². The third kappa shape index (κ3) is 6.19. The molecule has 0 atom stereocenters. The number of hydrogen-bond donors (Lipinski definition) is 2. The predicted octanol–water partition coefficient (Wildman–Crippen LogP) is 2.17. The van der Waals surface area contributed by atoms with Crippen LogP contribution in [-0.4, -0.2) is 24.0 Å². The lowest BCUT2D eigenvalue weighted by molar-refractivity contribution is -0.115. The SMILES string of the molecule is Cc1ccnc(NC(=O)CNCC2CC2)c1.Cl.Cl. The van der Waals surface area contributed by atoms with Crippen LogP contribution in [0.5, 0.6) is 0 Å². The maximum Gasteiger partial charge on any atom is 0.239 e. The molecule has 1 aliphatic rings. The van der Waals surface area contributed by atoms with E-state index in [-0.39, 0.29) is 30.7 Å². The summed E-state index contributed by atoms with van der Waals surface area (Å²) in [6.45, 7) is 3.30. The molecule has 1 aromatic heterocycles. The van der Waals surface area contributed by atoms with Crippen LogP contribution in [0.1, 0.15) is 18.4 Å². The van der Waals surface area contributed by atoms with E-state index in [1.807, 2.05) is 19.1 Å². The summed E-state index contributed by atoms with van der Waals surface area (Å²) >= 11 is 0. The van der Waals surface area contributed by atoms with Gasteiger partial charge in [0.15, 0.2) is 0 Å². The number of nitrogens with one attached hydrogen (secondary N) is 2. The Morgan fingerprint density at radius 1 is 1.44 bits per heavy atom. The van der Waals surface area contributed by atoms with Crippen molar-refractivity contribution >= 4 is 36.5 Å². The average molecular weight is 292 g/mol. The van der Waals surface area contributed by atoms with E-state index < -0.39 is 0 Å². The standard InChI is InChI=1S/C12H17N3O.2ClH/c1-9-4-5-14-11(6-9)15-12(16)8-13-7-10-2-3-10;;/h4-6,10,13H,2-3,7-8H2,1H3,(H,14,15,16);2*1H. The van der Waals surface area contributed by atoms with E-state index >= 15 is 0 Å². The van der Waals surface area contributed by atoms with E-state index in [0.717, 1.165) is 18.0 Å². The number of aryl methyl sites for hydroxylation is 1. The fourth-order valence-electron chi connectivity index (χ4n) is 1.50. The van der Waals surface area contributed by atoms with Crippen LogP contribution in [0, 0.1) is 12.8 Å². The third-order valence-corrected chi connectivity index (χ3v) is 2.60. The van der Waals surface area contributed by atoms with Gasteiger partial charge in [0.05, 0.1) is 6.54 Å². The third-order valence-electron chi connectivity index (χ3n) is 2.60. The van der Waals surface area contributed by atoms with Crippen LogP contribution in [0.3, 0.4) is 0 Å². The molecule has 2 N–H and O–H groups in total. The summed E-state index contributed by atoms with van der Waals surface area (Å²) in [6.07, 6.45) is 4.30. The second kappa shape index (κ2) is 8.29. The number of hydrogen-bond acceptors (Lipinski definition) is 3. The highest BCUT2D eigenvalue weighted by atomic mass is 35.5. The second-order valence-corrected chi connectivity index (χ2v) is 4.34. The van der Waals surface area contributed by atoms with Crippen molar-refractivity contribution in [1.82, 2.24) is 10.3 Å². The highest BCUT2D eigenvalue weighted by molar-refractivity contribution is 5.91. The summed E-state index contributed by atoms with van der Waals surface area (Å²) in [4.78, 5) is 15.6. The number of carbonyl (C=O) groups excluding carboxylic acids is 1. The molecule has 1 fully saturated rings. The molecule has 0 aromatic carbocycles. The summed E-state index contributed by atoms with van der Waals surface area (Å²) in [7, 11) is 0. The Labute approximate surface area is 120 Å². The number of carbonyl (C=O) groups is 1. The zero-order chi connectivity index (χ0) is 11.4. The summed E-state index contributed by atoms with van der Waals surface area (Å²) in [6, 6.07) is 3.76. The van der Waals surface area contributed by atoms with Gasteiger partial charge in [0.1, 0.15) is 5.82 Å². The molecule has 0 unspecified atom stereocenters. The minimum Gasteiger partial charge on any atom is -0.310 e. The summed E-state index contributed by atoms with van der Waals surface area (Å²) in [5.74, 6) is 1.39. The molecule has 4 nitrogen and oxygen atoms in total. The molecule has 18 heavy (non-hydrogen) atoms. The Kier molecular flexibility index (Phi) is 7.91. The molecule has 0 spiro atoms. The van der Waals surface area contributed by atoms with E-state index in [1.165, 1.54) is 12.8 Å². The summed E-state index contributed by atoms with van der Waals surface area (Å²) in [5, 5.41) is 5.91. The quantitative estimate of drug-likeness (QED) is 0.874. The van der Waals surface area contributed by atoms with Crippen molar-refractivity contribution in [3.05, 3.63) is 23.9 Å². The van der Waals surface area contributed by atoms with Gasteiger partial charge < -0.3 is 10.6 Å². The maximum absolute atomic E-state index is 11.5. The van der Waals surface area contributed by atoms with Gasteiger partial charge in [-0.3, -0.25) is 4.79 Å². The van der Waals surface area contributed by atoms with Crippen LogP contribution < -0.4 is 10.6 Å². The van der Waals surface area contributed by atoms with Crippen molar-refractivity contribution in [3.63, 3.8) is 0 Å². The molecule has 0 radical (unpaired) electrons. The Bertz CT molecular complexity index is 383. The lowest BCUT2D eigenvalue weighted by Gasteiger charge is -2.05. The number of rotatable bonds is 5. The Morgan fingerprint density at radius 3 is 2.78 bits per heavy atom. The van der Waals surface area contributed by atoms with Crippen molar-refractivity contribution < 1.29 is 4.79 Å². The molecule has 0 saturated heterocycles. The Hall–Kier alpha value is -0.840. The monoisotopic (exact) mass is 291 g/mol. The molecule has 0 bridgehead atoms. The van der Waals surface area contributed by atoms with Gasteiger partial charge in [-0.2, -0.15) is 0 Å². The average Bonchev–Trinajstić information content (AvgIpc) is 3.01. The first-order valence-electron chi connectivity index (χ1n) is 5.67. The van der Waals surface area contributed by atoms with Gasteiger partial charge in [0, 0.05) is 6.20 Å². The number of amides is 1. The van der Waals surface area contributed by atoms with Crippen LogP contribution in [0.25, 0.3) is 0 Å².